The zero-order chi connectivity index (χ0) is 9.80. The van der Waals surface area contributed by atoms with Crippen molar-refractivity contribution in [2.24, 2.45) is 0 Å². The molecule has 1 aliphatic rings. The number of aromatic nitrogens is 2. The van der Waals surface area contributed by atoms with Crippen LogP contribution in [-0.4, -0.2) is 29.8 Å². The van der Waals surface area contributed by atoms with E-state index in [2.05, 4.69) is 10.2 Å². The van der Waals surface area contributed by atoms with E-state index < -0.39 is 0 Å². The lowest BCUT2D eigenvalue weighted by Crippen LogP contribution is -3.13. The van der Waals surface area contributed by atoms with Crippen molar-refractivity contribution in [2.45, 2.75) is 30.9 Å². The highest BCUT2D eigenvalue weighted by Gasteiger charge is 2.14. The van der Waals surface area contributed by atoms with Crippen molar-refractivity contribution in [3.05, 3.63) is 5.89 Å². The van der Waals surface area contributed by atoms with Crippen LogP contribution in [0.4, 0.5) is 0 Å². The second-order valence-electron chi connectivity index (χ2n) is 3.77. The van der Waals surface area contributed by atoms with Crippen LogP contribution in [0.25, 0.3) is 0 Å². The maximum atomic E-state index is 5.15. The number of piperidine rings is 1. The van der Waals surface area contributed by atoms with E-state index in [9.17, 15) is 0 Å². The van der Waals surface area contributed by atoms with Gasteiger partial charge in [-0.05, 0) is 19.3 Å². The quantitative estimate of drug-likeness (QED) is 0.693. The van der Waals surface area contributed by atoms with E-state index in [0.29, 0.717) is 5.89 Å². The third kappa shape index (κ3) is 2.65. The van der Waals surface area contributed by atoms with Crippen molar-refractivity contribution in [2.75, 3.05) is 19.6 Å². The highest BCUT2D eigenvalue weighted by atomic mass is 32.1. The lowest BCUT2D eigenvalue weighted by atomic mass is 10.1. The van der Waals surface area contributed by atoms with Crippen LogP contribution in [0, 0.1) is 0 Å². The minimum Gasteiger partial charge on any atom is -0.719 e. The lowest BCUT2D eigenvalue weighted by Gasteiger charge is -2.22. The van der Waals surface area contributed by atoms with Crippen molar-refractivity contribution < 1.29 is 9.32 Å². The predicted molar refractivity (Wildman–Crippen MR) is 53.0 cm³/mol. The first-order chi connectivity index (χ1) is 6.84. The molecule has 14 heavy (non-hydrogen) atoms. The summed E-state index contributed by atoms with van der Waals surface area (Å²) in [5.74, 6) is 0.688. The van der Waals surface area contributed by atoms with E-state index in [1.54, 1.807) is 4.90 Å². The first-order valence-electron chi connectivity index (χ1n) is 5.17. The summed E-state index contributed by atoms with van der Waals surface area (Å²) in [5, 5.41) is 7.79. The molecule has 1 fully saturated rings. The molecule has 0 amide bonds. The molecular formula is C9H15N3OS. The van der Waals surface area contributed by atoms with Crippen LogP contribution in [0.2, 0.25) is 0 Å². The minimum atomic E-state index is 0.258. The van der Waals surface area contributed by atoms with Gasteiger partial charge in [0.1, 0.15) is 0 Å². The van der Waals surface area contributed by atoms with Gasteiger partial charge >= 0.3 is 0 Å². The van der Waals surface area contributed by atoms with Crippen LogP contribution in [0.1, 0.15) is 25.2 Å². The molecule has 1 aromatic rings. The summed E-state index contributed by atoms with van der Waals surface area (Å²) in [5.41, 5.74) is 0. The first kappa shape index (κ1) is 9.86. The van der Waals surface area contributed by atoms with Crippen molar-refractivity contribution >= 4 is 12.6 Å². The molecule has 0 aliphatic carbocycles. The number of hydrogen-bond acceptors (Lipinski definition) is 4. The Hall–Kier alpha value is -0.680. The number of likely N-dealkylation sites (tertiary alicyclic amines) is 1. The van der Waals surface area contributed by atoms with Gasteiger partial charge in [-0.25, -0.2) is 0 Å². The fourth-order valence-corrected chi connectivity index (χ4v) is 2.06. The van der Waals surface area contributed by atoms with Crippen LogP contribution >= 0.6 is 0 Å². The molecule has 1 N–H and O–H groups in total. The maximum Gasteiger partial charge on any atom is 0.219 e. The Balaban J connectivity index is 1.76. The number of nitrogens with zero attached hydrogens (tertiary/aromatic N) is 2. The topological polar surface area (TPSA) is 43.4 Å². The molecule has 5 heteroatoms. The van der Waals surface area contributed by atoms with Gasteiger partial charge in [0.25, 0.3) is 0 Å². The standard InChI is InChI=1S/C9H15N3OS/c14-9-11-10-8(13-9)4-7-12-5-2-1-3-6-12/h1-7H2,(H,11,14). The molecule has 2 rings (SSSR count). The van der Waals surface area contributed by atoms with Gasteiger partial charge in [0.05, 0.1) is 31.3 Å². The van der Waals surface area contributed by atoms with Gasteiger partial charge in [0.2, 0.25) is 5.89 Å². The summed E-state index contributed by atoms with van der Waals surface area (Å²) in [7, 11) is 0. The smallest absolute Gasteiger partial charge is 0.219 e. The number of quaternary nitrogens is 1. The molecule has 1 aliphatic heterocycles. The molecule has 78 valence electrons. The average molecular weight is 213 g/mol. The van der Waals surface area contributed by atoms with Gasteiger partial charge < -0.3 is 21.9 Å². The summed E-state index contributed by atoms with van der Waals surface area (Å²) in [6, 6.07) is 0. The molecule has 1 saturated heterocycles. The van der Waals surface area contributed by atoms with Crippen molar-refractivity contribution in [1.29, 1.82) is 0 Å². The Morgan fingerprint density at radius 2 is 2.00 bits per heavy atom. The molecule has 0 spiro atoms. The van der Waals surface area contributed by atoms with E-state index in [0.717, 1.165) is 13.0 Å². The van der Waals surface area contributed by atoms with E-state index in [-0.39, 0.29) is 5.22 Å². The second kappa shape index (κ2) is 4.70. The molecule has 0 aromatic carbocycles. The van der Waals surface area contributed by atoms with Gasteiger partial charge in [-0.15, -0.1) is 10.2 Å². The third-order valence-electron chi connectivity index (χ3n) is 2.70. The number of nitrogens with one attached hydrogen (secondary N) is 1. The molecule has 0 unspecified atom stereocenters. The monoisotopic (exact) mass is 213 g/mol. The molecule has 0 bridgehead atoms. The fourth-order valence-electron chi connectivity index (χ4n) is 1.92. The van der Waals surface area contributed by atoms with Crippen molar-refractivity contribution in [1.82, 2.24) is 10.2 Å². The van der Waals surface area contributed by atoms with Crippen LogP contribution in [-0.2, 0) is 19.0 Å². The third-order valence-corrected chi connectivity index (χ3v) is 2.87. The fraction of sp³-hybridized carbons (Fsp3) is 0.778. The molecule has 0 radical (unpaired) electrons. The molecule has 4 nitrogen and oxygen atoms in total. The maximum absolute atomic E-state index is 5.15. The summed E-state index contributed by atoms with van der Waals surface area (Å²) < 4.78 is 5.15. The zero-order valence-electron chi connectivity index (χ0n) is 8.16. The normalized spacial score (nSPS) is 18.6. The Morgan fingerprint density at radius 3 is 2.64 bits per heavy atom. The Bertz CT molecular complexity index is 283. The first-order valence-corrected chi connectivity index (χ1v) is 5.58. The SMILES string of the molecule is [S-]c1nnc(CC[NH+]2CCCCC2)o1. The molecule has 0 atom stereocenters. The molecule has 2 heterocycles. The van der Waals surface area contributed by atoms with E-state index in [4.69, 9.17) is 17.0 Å². The minimum absolute atomic E-state index is 0.258. The van der Waals surface area contributed by atoms with Gasteiger partial charge in [0.15, 0.2) is 0 Å². The summed E-state index contributed by atoms with van der Waals surface area (Å²) >= 11 is 4.76. The predicted octanol–water partition coefficient (Wildman–Crippen LogP) is -0.413. The Morgan fingerprint density at radius 1 is 1.21 bits per heavy atom. The summed E-state index contributed by atoms with van der Waals surface area (Å²) in [4.78, 5) is 1.65. The zero-order valence-corrected chi connectivity index (χ0v) is 8.98. The van der Waals surface area contributed by atoms with Crippen molar-refractivity contribution in [3.8, 4) is 0 Å². The highest BCUT2D eigenvalue weighted by molar-refractivity contribution is 7.58. The van der Waals surface area contributed by atoms with Crippen LogP contribution in [0.15, 0.2) is 9.64 Å². The van der Waals surface area contributed by atoms with Gasteiger partial charge in [-0.3, -0.25) is 0 Å². The van der Waals surface area contributed by atoms with Gasteiger partial charge in [0, 0.05) is 0 Å². The molecule has 1 aromatic heterocycles. The van der Waals surface area contributed by atoms with Crippen LogP contribution in [0.5, 0.6) is 0 Å². The molecule has 0 saturated carbocycles. The largest absolute Gasteiger partial charge is 0.719 e. The second-order valence-corrected chi connectivity index (χ2v) is 4.12. The van der Waals surface area contributed by atoms with Gasteiger partial charge in [-0.1, -0.05) is 0 Å². The Labute approximate surface area is 89.1 Å². The highest BCUT2D eigenvalue weighted by Crippen LogP contribution is 1.98. The molecular weight excluding hydrogens is 198 g/mol. The summed E-state index contributed by atoms with van der Waals surface area (Å²) in [6.07, 6.45) is 4.95. The van der Waals surface area contributed by atoms with E-state index in [1.165, 1.54) is 32.4 Å². The average Bonchev–Trinajstić information content (AvgIpc) is 2.63. The van der Waals surface area contributed by atoms with Crippen LogP contribution < -0.4 is 4.90 Å². The number of rotatable bonds is 3. The van der Waals surface area contributed by atoms with Gasteiger partial charge in [-0.2, -0.15) is 0 Å². The van der Waals surface area contributed by atoms with Crippen LogP contribution in [0.3, 0.4) is 0 Å². The van der Waals surface area contributed by atoms with E-state index in [1.807, 2.05) is 0 Å². The van der Waals surface area contributed by atoms with E-state index >= 15 is 0 Å². The number of hydrogen-bond donors (Lipinski definition) is 1. The lowest BCUT2D eigenvalue weighted by molar-refractivity contribution is -0.904. The Kier molecular flexibility index (Phi) is 3.31. The summed E-state index contributed by atoms with van der Waals surface area (Å²) in [6.45, 7) is 3.67. The van der Waals surface area contributed by atoms with Crippen molar-refractivity contribution in [3.63, 3.8) is 0 Å².